The molecule has 39 heavy (non-hydrogen) atoms. The number of esters is 1. The van der Waals surface area contributed by atoms with E-state index in [0.717, 1.165) is 22.3 Å². The van der Waals surface area contributed by atoms with E-state index in [0.29, 0.717) is 11.3 Å². The molecule has 2 atom stereocenters. The van der Waals surface area contributed by atoms with Gasteiger partial charge in [-0.25, -0.2) is 9.69 Å². The van der Waals surface area contributed by atoms with Crippen LogP contribution >= 0.6 is 0 Å². The molecule has 3 aliphatic carbocycles. The average Bonchev–Trinajstić information content (AvgIpc) is 3.23. The number of hydrogen-bond acceptors (Lipinski definition) is 5. The first-order valence-electron chi connectivity index (χ1n) is 12.9. The molecule has 2 bridgehead atoms. The van der Waals surface area contributed by atoms with Crippen molar-refractivity contribution in [3.05, 3.63) is 130 Å². The molecule has 6 nitrogen and oxygen atoms in total. The highest BCUT2D eigenvalue weighted by molar-refractivity contribution is 6.23. The fourth-order valence-electron chi connectivity index (χ4n) is 6.71. The largest absolute Gasteiger partial charge is 0.422 e. The van der Waals surface area contributed by atoms with Gasteiger partial charge in [0.25, 0.3) is 0 Å². The van der Waals surface area contributed by atoms with Gasteiger partial charge in [0, 0.05) is 11.8 Å². The molecule has 0 saturated carbocycles. The minimum Gasteiger partial charge on any atom is -0.422 e. The molecule has 0 unspecified atom stereocenters. The Hall–Kier alpha value is -4.84. The topological polar surface area (TPSA) is 80.8 Å². The Morgan fingerprint density at radius 1 is 0.667 bits per heavy atom. The van der Waals surface area contributed by atoms with Crippen LogP contribution in [0.2, 0.25) is 0 Å². The van der Waals surface area contributed by atoms with Gasteiger partial charge in [-0.3, -0.25) is 14.4 Å². The highest BCUT2D eigenvalue weighted by Crippen LogP contribution is 2.61. The van der Waals surface area contributed by atoms with E-state index in [4.69, 9.17) is 4.74 Å². The maximum absolute atomic E-state index is 14.0. The smallest absolute Gasteiger partial charge is 0.343 e. The number of ketones is 1. The van der Waals surface area contributed by atoms with E-state index in [1.54, 1.807) is 42.5 Å². The predicted octanol–water partition coefficient (Wildman–Crippen LogP) is 5.51. The van der Waals surface area contributed by atoms with Gasteiger partial charge in [0.2, 0.25) is 11.8 Å². The molecule has 6 heteroatoms. The van der Waals surface area contributed by atoms with Crippen molar-refractivity contribution in [3.8, 4) is 5.75 Å². The zero-order valence-electron chi connectivity index (χ0n) is 21.0. The zero-order chi connectivity index (χ0) is 26.8. The summed E-state index contributed by atoms with van der Waals surface area (Å²) < 4.78 is 5.54. The summed E-state index contributed by atoms with van der Waals surface area (Å²) in [5, 5.41) is 0. The standard InChI is InChI=1S/C33H23NO5/c1-18(35)21-11-6-7-16-26(21)39-33(38)19-9-8-10-20(17-19)34-31(36)29-27-22-12-2-3-13-23(22)28(30(29)32(34)37)25-15-5-4-14-24(25)27/h2-17,27-30H,1H3/t27?,28?,29-,30-/m0/s1. The second-order valence-electron chi connectivity index (χ2n) is 10.3. The summed E-state index contributed by atoms with van der Waals surface area (Å²) in [4.78, 5) is 54.3. The molecule has 1 aliphatic heterocycles. The van der Waals surface area contributed by atoms with Crippen molar-refractivity contribution < 1.29 is 23.9 Å². The Morgan fingerprint density at radius 2 is 1.18 bits per heavy atom. The van der Waals surface area contributed by atoms with Gasteiger partial charge in [0.05, 0.1) is 28.7 Å². The first-order valence-corrected chi connectivity index (χ1v) is 12.9. The van der Waals surface area contributed by atoms with E-state index in [1.165, 1.54) is 17.9 Å². The summed E-state index contributed by atoms with van der Waals surface area (Å²) in [7, 11) is 0. The molecule has 4 aromatic carbocycles. The van der Waals surface area contributed by atoms with Crippen molar-refractivity contribution in [2.45, 2.75) is 18.8 Å². The van der Waals surface area contributed by atoms with Gasteiger partial charge in [-0.1, -0.05) is 66.7 Å². The summed E-state index contributed by atoms with van der Waals surface area (Å²) in [6, 6.07) is 29.1. The molecule has 190 valence electrons. The van der Waals surface area contributed by atoms with Crippen LogP contribution in [0.5, 0.6) is 5.75 Å². The fraction of sp³-hybridized carbons (Fsp3) is 0.152. The molecule has 0 aromatic heterocycles. The number of ether oxygens (including phenoxy) is 1. The summed E-state index contributed by atoms with van der Waals surface area (Å²) in [5.74, 6) is -2.67. The van der Waals surface area contributed by atoms with Crippen molar-refractivity contribution in [2.24, 2.45) is 11.8 Å². The second-order valence-corrected chi connectivity index (χ2v) is 10.3. The minimum atomic E-state index is -0.679. The first-order chi connectivity index (χ1) is 19.0. The molecule has 0 radical (unpaired) electrons. The number of anilines is 1. The number of amides is 2. The van der Waals surface area contributed by atoms with E-state index in [1.807, 2.05) is 24.3 Å². The van der Waals surface area contributed by atoms with E-state index in [9.17, 15) is 19.2 Å². The lowest BCUT2D eigenvalue weighted by Gasteiger charge is -2.45. The van der Waals surface area contributed by atoms with Gasteiger partial charge in [-0.2, -0.15) is 0 Å². The van der Waals surface area contributed by atoms with Crippen LogP contribution in [-0.2, 0) is 9.59 Å². The number of para-hydroxylation sites is 1. The van der Waals surface area contributed by atoms with Crippen LogP contribution < -0.4 is 9.64 Å². The molecule has 8 rings (SSSR count). The lowest BCUT2D eigenvalue weighted by atomic mass is 9.55. The number of hydrogen-bond donors (Lipinski definition) is 0. The molecule has 4 aromatic rings. The maximum Gasteiger partial charge on any atom is 0.343 e. The number of benzene rings is 4. The summed E-state index contributed by atoms with van der Waals surface area (Å²) in [6.45, 7) is 1.40. The molecular formula is C33H23NO5. The zero-order valence-corrected chi connectivity index (χ0v) is 21.0. The van der Waals surface area contributed by atoms with Crippen molar-refractivity contribution in [1.29, 1.82) is 0 Å². The van der Waals surface area contributed by atoms with Crippen molar-refractivity contribution in [2.75, 3.05) is 4.90 Å². The Bertz CT molecular complexity index is 1610. The summed E-state index contributed by atoms with van der Waals surface area (Å²) in [6.07, 6.45) is 0. The fourth-order valence-corrected chi connectivity index (χ4v) is 6.71. The van der Waals surface area contributed by atoms with Crippen molar-refractivity contribution >= 4 is 29.3 Å². The number of Topliss-reactive ketones (excluding diaryl/α,β-unsaturated/α-hetero) is 1. The highest BCUT2D eigenvalue weighted by Gasteiger charge is 2.61. The lowest BCUT2D eigenvalue weighted by Crippen LogP contribution is -2.41. The van der Waals surface area contributed by atoms with E-state index < -0.39 is 17.8 Å². The lowest BCUT2D eigenvalue weighted by molar-refractivity contribution is -0.122. The highest BCUT2D eigenvalue weighted by atomic mass is 16.5. The number of rotatable bonds is 4. The number of carbonyl (C=O) groups excluding carboxylic acids is 4. The summed E-state index contributed by atoms with van der Waals surface area (Å²) >= 11 is 0. The number of imide groups is 1. The van der Waals surface area contributed by atoms with Gasteiger partial charge in [-0.15, -0.1) is 0 Å². The van der Waals surface area contributed by atoms with Gasteiger partial charge in [0.1, 0.15) is 5.75 Å². The van der Waals surface area contributed by atoms with Gasteiger partial charge < -0.3 is 4.74 Å². The van der Waals surface area contributed by atoms with Crippen LogP contribution in [0.3, 0.4) is 0 Å². The molecule has 0 N–H and O–H groups in total. The Labute approximate surface area is 224 Å². The summed E-state index contributed by atoms with van der Waals surface area (Å²) in [5.41, 5.74) is 5.22. The molecule has 0 spiro atoms. The predicted molar refractivity (Wildman–Crippen MR) is 144 cm³/mol. The molecule has 2 amide bonds. The van der Waals surface area contributed by atoms with Crippen LogP contribution in [0.1, 0.15) is 61.7 Å². The Balaban J connectivity index is 1.25. The van der Waals surface area contributed by atoms with E-state index in [-0.39, 0.29) is 40.7 Å². The van der Waals surface area contributed by atoms with Crippen LogP contribution in [0, 0.1) is 11.8 Å². The van der Waals surface area contributed by atoms with Gasteiger partial charge >= 0.3 is 5.97 Å². The van der Waals surface area contributed by atoms with Crippen LogP contribution in [0.15, 0.2) is 97.1 Å². The molecular weight excluding hydrogens is 490 g/mol. The second kappa shape index (κ2) is 8.60. The maximum atomic E-state index is 14.0. The third-order valence-electron chi connectivity index (χ3n) is 8.26. The van der Waals surface area contributed by atoms with Gasteiger partial charge in [-0.05, 0) is 59.5 Å². The Morgan fingerprint density at radius 3 is 1.72 bits per heavy atom. The van der Waals surface area contributed by atoms with Crippen molar-refractivity contribution in [3.63, 3.8) is 0 Å². The third kappa shape index (κ3) is 3.34. The van der Waals surface area contributed by atoms with E-state index >= 15 is 0 Å². The van der Waals surface area contributed by atoms with Crippen LogP contribution in [-0.4, -0.2) is 23.6 Å². The average molecular weight is 514 g/mol. The first kappa shape index (κ1) is 23.3. The normalized spacial score (nSPS) is 22.2. The van der Waals surface area contributed by atoms with Crippen molar-refractivity contribution in [1.82, 2.24) is 0 Å². The van der Waals surface area contributed by atoms with Gasteiger partial charge in [0.15, 0.2) is 5.78 Å². The van der Waals surface area contributed by atoms with Crippen LogP contribution in [0.25, 0.3) is 0 Å². The van der Waals surface area contributed by atoms with Crippen LogP contribution in [0.4, 0.5) is 5.69 Å². The number of nitrogens with zero attached hydrogens (tertiary/aromatic N) is 1. The molecule has 1 heterocycles. The number of carbonyl (C=O) groups is 4. The molecule has 1 saturated heterocycles. The third-order valence-corrected chi connectivity index (χ3v) is 8.26. The SMILES string of the molecule is CC(=O)c1ccccc1OC(=O)c1cccc(N2C(=O)[C@H]3C4c5ccccc5C(c5ccccc54)[C@@H]3C2=O)c1. The minimum absolute atomic E-state index is 0.159. The quantitative estimate of drug-likeness (QED) is 0.156. The molecule has 4 aliphatic rings. The monoisotopic (exact) mass is 513 g/mol. The molecule has 1 fully saturated rings. The Kier molecular flexibility index (Phi) is 5.13. The van der Waals surface area contributed by atoms with E-state index in [2.05, 4.69) is 24.3 Å².